The number of fused-ring (bicyclic) bond motifs is 1. The van der Waals surface area contributed by atoms with Gasteiger partial charge in [-0.15, -0.1) is 0 Å². The van der Waals surface area contributed by atoms with E-state index in [0.29, 0.717) is 49.6 Å². The van der Waals surface area contributed by atoms with Gasteiger partial charge in [0.2, 0.25) is 10.0 Å². The summed E-state index contributed by atoms with van der Waals surface area (Å²) in [5, 5.41) is 0. The molecule has 0 saturated carbocycles. The molecule has 1 aliphatic rings. The van der Waals surface area contributed by atoms with Gasteiger partial charge < -0.3 is 19.1 Å². The Morgan fingerprint density at radius 1 is 0.951 bits per heavy atom. The highest BCUT2D eigenvalue weighted by Gasteiger charge is 2.27. The van der Waals surface area contributed by atoms with E-state index in [0.717, 1.165) is 16.7 Å². The number of benzene rings is 3. The van der Waals surface area contributed by atoms with Crippen molar-refractivity contribution in [2.24, 2.45) is 0 Å². The third-order valence-electron chi connectivity index (χ3n) is 7.01. The van der Waals surface area contributed by atoms with Crippen LogP contribution in [-0.2, 0) is 31.3 Å². The molecule has 0 aromatic heterocycles. The van der Waals surface area contributed by atoms with E-state index in [1.54, 1.807) is 37.1 Å². The average molecular weight is 581 g/mol. The number of carbonyl (C=O) groups excluding carboxylic acids is 1. The lowest BCUT2D eigenvalue weighted by Crippen LogP contribution is -2.37. The zero-order chi connectivity index (χ0) is 29.6. The van der Waals surface area contributed by atoms with Crippen LogP contribution < -0.4 is 14.4 Å². The Kier molecular flexibility index (Phi) is 9.73. The summed E-state index contributed by atoms with van der Waals surface area (Å²) in [4.78, 5) is 15.3. The van der Waals surface area contributed by atoms with Gasteiger partial charge in [-0.2, -0.15) is 0 Å². The second kappa shape index (κ2) is 13.1. The van der Waals surface area contributed by atoms with Crippen LogP contribution in [0, 0.1) is 0 Å². The number of carbonyl (C=O) groups is 1. The van der Waals surface area contributed by atoms with E-state index in [1.165, 1.54) is 5.56 Å². The van der Waals surface area contributed by atoms with Crippen molar-refractivity contribution in [3.8, 4) is 16.9 Å². The number of ether oxygens (including phenoxy) is 3. The minimum absolute atomic E-state index is 0.0295. The van der Waals surface area contributed by atoms with E-state index in [-0.39, 0.29) is 29.6 Å². The molecule has 0 bridgehead atoms. The molecule has 3 aromatic rings. The first kappa shape index (κ1) is 30.6. The molecule has 1 heterocycles. The molecular weight excluding hydrogens is 540 g/mol. The Labute approximate surface area is 243 Å². The van der Waals surface area contributed by atoms with Gasteiger partial charge in [0.25, 0.3) is 5.91 Å². The average Bonchev–Trinajstić information content (AvgIpc) is 2.93. The number of anilines is 2. The van der Waals surface area contributed by atoms with Gasteiger partial charge in [0, 0.05) is 24.9 Å². The number of rotatable bonds is 12. The predicted molar refractivity (Wildman–Crippen MR) is 163 cm³/mol. The summed E-state index contributed by atoms with van der Waals surface area (Å²) in [6.07, 6.45) is 1.15. The summed E-state index contributed by atoms with van der Waals surface area (Å²) in [6, 6.07) is 19.6. The van der Waals surface area contributed by atoms with Gasteiger partial charge >= 0.3 is 0 Å². The van der Waals surface area contributed by atoms with Crippen molar-refractivity contribution in [3.05, 3.63) is 77.4 Å². The highest BCUT2D eigenvalue weighted by Crippen LogP contribution is 2.34. The quantitative estimate of drug-likeness (QED) is 0.208. The molecule has 1 amide bonds. The number of hydrogen-bond donors (Lipinski definition) is 1. The van der Waals surface area contributed by atoms with Gasteiger partial charge in [0.15, 0.2) is 6.79 Å². The molecule has 0 saturated heterocycles. The fourth-order valence-electron chi connectivity index (χ4n) is 4.76. The molecule has 0 unspecified atom stereocenters. The van der Waals surface area contributed by atoms with Crippen LogP contribution in [0.25, 0.3) is 11.1 Å². The molecule has 1 N–H and O–H groups in total. The van der Waals surface area contributed by atoms with Gasteiger partial charge in [0.1, 0.15) is 5.75 Å². The zero-order valence-corrected chi connectivity index (χ0v) is 25.3. The first-order valence-electron chi connectivity index (χ1n) is 13.9. The third-order valence-corrected chi connectivity index (χ3v) is 8.49. The topological polar surface area (TPSA) is 94.2 Å². The second-order valence-electron chi connectivity index (χ2n) is 11.2. The molecule has 1 aliphatic heterocycles. The van der Waals surface area contributed by atoms with Crippen molar-refractivity contribution in [3.63, 3.8) is 0 Å². The normalized spacial score (nSPS) is 13.7. The standard InChI is InChI=1S/C32H40N2O6S/c1-6-19-41(36,37)33-29-21-27(12-14-30(29)40-22-39-18-17-38-5)34-16-15-25-20-24(9-13-28(25)31(34)35)23-7-10-26(11-8-23)32(2,3)4/h7-14,20-21,33H,6,15-19,22H2,1-5H3. The summed E-state index contributed by atoms with van der Waals surface area (Å²) in [5.41, 5.74) is 6.04. The lowest BCUT2D eigenvalue weighted by molar-refractivity contribution is -0.00814. The molecular formula is C32H40N2O6S. The van der Waals surface area contributed by atoms with E-state index in [1.807, 2.05) is 12.1 Å². The molecule has 4 rings (SSSR count). The summed E-state index contributed by atoms with van der Waals surface area (Å²) in [7, 11) is -2.01. The van der Waals surface area contributed by atoms with E-state index >= 15 is 0 Å². The van der Waals surface area contributed by atoms with Crippen molar-refractivity contribution in [1.29, 1.82) is 0 Å². The van der Waals surface area contributed by atoms with Crippen LogP contribution >= 0.6 is 0 Å². The molecule has 220 valence electrons. The van der Waals surface area contributed by atoms with Crippen molar-refractivity contribution < 1.29 is 27.4 Å². The maximum Gasteiger partial charge on any atom is 0.258 e. The Bertz CT molecular complexity index is 1460. The number of sulfonamides is 1. The first-order valence-corrected chi connectivity index (χ1v) is 15.6. The van der Waals surface area contributed by atoms with Crippen LogP contribution in [0.3, 0.4) is 0 Å². The summed E-state index contributed by atoms with van der Waals surface area (Å²) < 4.78 is 43.9. The van der Waals surface area contributed by atoms with Gasteiger partial charge in [-0.3, -0.25) is 9.52 Å². The first-order chi connectivity index (χ1) is 19.5. The van der Waals surface area contributed by atoms with Gasteiger partial charge in [-0.05, 0) is 64.8 Å². The van der Waals surface area contributed by atoms with E-state index < -0.39 is 10.0 Å². The third kappa shape index (κ3) is 7.67. The van der Waals surface area contributed by atoms with Crippen LogP contribution in [-0.4, -0.2) is 53.7 Å². The lowest BCUT2D eigenvalue weighted by atomic mass is 9.86. The number of hydrogen-bond acceptors (Lipinski definition) is 6. The molecule has 0 aliphatic carbocycles. The zero-order valence-electron chi connectivity index (χ0n) is 24.5. The highest BCUT2D eigenvalue weighted by molar-refractivity contribution is 7.92. The fraction of sp³-hybridized carbons (Fsp3) is 0.406. The Morgan fingerprint density at radius 2 is 1.68 bits per heavy atom. The van der Waals surface area contributed by atoms with E-state index in [2.05, 4.69) is 55.8 Å². The summed E-state index contributed by atoms with van der Waals surface area (Å²) in [5.74, 6) is 0.163. The van der Waals surface area contributed by atoms with Crippen LogP contribution in [0.1, 0.15) is 55.6 Å². The van der Waals surface area contributed by atoms with Crippen LogP contribution in [0.2, 0.25) is 0 Å². The highest BCUT2D eigenvalue weighted by atomic mass is 32.2. The van der Waals surface area contributed by atoms with Crippen molar-refractivity contribution in [2.45, 2.75) is 46.0 Å². The summed E-state index contributed by atoms with van der Waals surface area (Å²) >= 11 is 0. The number of nitrogens with zero attached hydrogens (tertiary/aromatic N) is 1. The lowest BCUT2D eigenvalue weighted by Gasteiger charge is -2.29. The van der Waals surface area contributed by atoms with Crippen LogP contribution in [0.4, 0.5) is 11.4 Å². The van der Waals surface area contributed by atoms with Gasteiger partial charge in [0.05, 0.1) is 24.7 Å². The molecule has 8 nitrogen and oxygen atoms in total. The van der Waals surface area contributed by atoms with Gasteiger partial charge in [-0.25, -0.2) is 8.42 Å². The van der Waals surface area contributed by atoms with E-state index in [4.69, 9.17) is 14.2 Å². The van der Waals surface area contributed by atoms with Crippen LogP contribution in [0.5, 0.6) is 5.75 Å². The second-order valence-corrected chi connectivity index (χ2v) is 13.0. The maximum atomic E-state index is 13.6. The minimum atomic E-state index is -3.59. The van der Waals surface area contributed by atoms with E-state index in [9.17, 15) is 13.2 Å². The van der Waals surface area contributed by atoms with Crippen LogP contribution in [0.15, 0.2) is 60.7 Å². The molecule has 3 aromatic carbocycles. The number of nitrogens with one attached hydrogen (secondary N) is 1. The Balaban J connectivity index is 1.56. The number of methoxy groups -OCH3 is 1. The van der Waals surface area contributed by atoms with Crippen molar-refractivity contribution >= 4 is 27.3 Å². The molecule has 0 spiro atoms. The maximum absolute atomic E-state index is 13.6. The Hall–Kier alpha value is -3.40. The largest absolute Gasteiger partial charge is 0.465 e. The predicted octanol–water partition coefficient (Wildman–Crippen LogP) is 6.01. The molecule has 0 atom stereocenters. The fourth-order valence-corrected chi connectivity index (χ4v) is 5.90. The van der Waals surface area contributed by atoms with Crippen molar-refractivity contribution in [2.75, 3.05) is 49.0 Å². The molecule has 41 heavy (non-hydrogen) atoms. The molecule has 0 fully saturated rings. The molecule has 0 radical (unpaired) electrons. The Morgan fingerprint density at radius 3 is 2.37 bits per heavy atom. The monoisotopic (exact) mass is 580 g/mol. The SMILES string of the molecule is CCCS(=O)(=O)Nc1cc(N2CCc3cc(-c4ccc(C(C)(C)C)cc4)ccc3C2=O)ccc1OCOCCOC. The van der Waals surface area contributed by atoms with Gasteiger partial charge in [-0.1, -0.05) is 64.1 Å². The smallest absolute Gasteiger partial charge is 0.258 e. The number of amides is 1. The molecule has 9 heteroatoms. The minimum Gasteiger partial charge on any atom is -0.465 e. The van der Waals surface area contributed by atoms with Crippen molar-refractivity contribution in [1.82, 2.24) is 0 Å². The summed E-state index contributed by atoms with van der Waals surface area (Å²) in [6.45, 7) is 9.55.